The van der Waals surface area contributed by atoms with Crippen molar-refractivity contribution in [3.05, 3.63) is 70.8 Å². The molecule has 1 aliphatic heterocycles. The molecule has 3 heteroatoms. The molecule has 2 aliphatic rings. The normalized spacial score (nSPS) is 16.0. The first-order valence-electron chi connectivity index (χ1n) is 11.0. The average molecular weight is 381 g/mol. The highest BCUT2D eigenvalue weighted by Crippen LogP contribution is 2.39. The van der Waals surface area contributed by atoms with Crippen LogP contribution in [0.15, 0.2) is 48.5 Å². The molecule has 2 aromatic rings. The van der Waals surface area contributed by atoms with Crippen LogP contribution in [0.25, 0.3) is 0 Å². The molecule has 0 saturated carbocycles. The first-order valence-corrected chi connectivity index (χ1v) is 11.0. The van der Waals surface area contributed by atoms with Crippen molar-refractivity contribution in [3.8, 4) is 0 Å². The van der Waals surface area contributed by atoms with E-state index >= 15 is 0 Å². The Morgan fingerprint density at radius 3 is 1.75 bits per heavy atom. The highest BCUT2D eigenvalue weighted by molar-refractivity contribution is 5.75. The van der Waals surface area contributed by atoms with Gasteiger partial charge in [0.05, 0.1) is 6.04 Å². The largest absolute Gasteiger partial charge is 0.340 e. The Morgan fingerprint density at radius 1 is 0.821 bits per heavy atom. The fourth-order valence-corrected chi connectivity index (χ4v) is 4.14. The van der Waals surface area contributed by atoms with E-state index in [4.69, 9.17) is 0 Å². The van der Waals surface area contributed by atoms with E-state index in [9.17, 15) is 4.79 Å². The Bertz CT molecular complexity index is 702. The van der Waals surface area contributed by atoms with Gasteiger partial charge < -0.3 is 4.90 Å². The summed E-state index contributed by atoms with van der Waals surface area (Å²) in [5.74, 6) is 0.277. The molecule has 1 aliphatic carbocycles. The van der Waals surface area contributed by atoms with Gasteiger partial charge in [-0.15, -0.1) is 0 Å². The number of nitrogens with zero attached hydrogens (tertiary/aromatic N) is 2. The number of hydrogen-bond acceptors (Lipinski definition) is 2. The number of benzene rings is 2. The summed E-state index contributed by atoms with van der Waals surface area (Å²) in [4.78, 5) is 16.5. The lowest BCUT2D eigenvalue weighted by Gasteiger charge is -2.42. The van der Waals surface area contributed by atoms with Crippen LogP contribution in [0, 0.1) is 0 Å². The molecule has 0 N–H and O–H groups in total. The molecule has 152 valence electrons. The number of amides is 1. The Balaban J connectivity index is 0.000000660. The minimum Gasteiger partial charge on any atom is -0.340 e. The second-order valence-electron chi connectivity index (χ2n) is 6.75. The minimum atomic E-state index is 0.277. The van der Waals surface area contributed by atoms with Gasteiger partial charge in [-0.2, -0.15) is 0 Å². The quantitative estimate of drug-likeness (QED) is 0.707. The maximum Gasteiger partial charge on any atom is 0.222 e. The van der Waals surface area contributed by atoms with Crippen LogP contribution in [0.2, 0.25) is 0 Å². The Hall–Kier alpha value is -2.13. The fourth-order valence-electron chi connectivity index (χ4n) is 4.14. The summed E-state index contributed by atoms with van der Waals surface area (Å²) in [6.45, 7) is 13.5. The molecule has 28 heavy (non-hydrogen) atoms. The van der Waals surface area contributed by atoms with Gasteiger partial charge in [0, 0.05) is 32.6 Å². The number of hydrogen-bond donors (Lipinski definition) is 0. The van der Waals surface area contributed by atoms with E-state index in [1.807, 2.05) is 39.5 Å². The van der Waals surface area contributed by atoms with Crippen LogP contribution in [0.1, 0.15) is 69.3 Å². The maximum atomic E-state index is 12.0. The molecule has 2 aromatic carbocycles. The van der Waals surface area contributed by atoms with Gasteiger partial charge >= 0.3 is 0 Å². The van der Waals surface area contributed by atoms with Gasteiger partial charge in [-0.1, -0.05) is 83.1 Å². The van der Waals surface area contributed by atoms with Gasteiger partial charge in [0.2, 0.25) is 5.91 Å². The summed E-state index contributed by atoms with van der Waals surface area (Å²) < 4.78 is 0. The van der Waals surface area contributed by atoms with E-state index < -0.39 is 0 Å². The molecule has 3 nitrogen and oxygen atoms in total. The average Bonchev–Trinajstić information content (AvgIpc) is 2.79. The van der Waals surface area contributed by atoms with Crippen molar-refractivity contribution in [1.29, 1.82) is 0 Å². The van der Waals surface area contributed by atoms with Crippen molar-refractivity contribution >= 4 is 5.91 Å². The third-order valence-electron chi connectivity index (χ3n) is 5.41. The summed E-state index contributed by atoms with van der Waals surface area (Å²) in [6, 6.07) is 18.0. The Morgan fingerprint density at radius 2 is 1.29 bits per heavy atom. The van der Waals surface area contributed by atoms with Crippen LogP contribution in [0.5, 0.6) is 0 Å². The highest BCUT2D eigenvalue weighted by atomic mass is 16.2. The molecule has 0 unspecified atom stereocenters. The van der Waals surface area contributed by atoms with E-state index in [0.29, 0.717) is 12.5 Å². The summed E-state index contributed by atoms with van der Waals surface area (Å²) in [7, 11) is 0. The zero-order valence-electron chi connectivity index (χ0n) is 18.2. The molecule has 1 heterocycles. The predicted molar refractivity (Wildman–Crippen MR) is 119 cm³/mol. The van der Waals surface area contributed by atoms with Crippen molar-refractivity contribution in [1.82, 2.24) is 9.80 Å². The van der Waals surface area contributed by atoms with Crippen LogP contribution >= 0.6 is 0 Å². The number of fused-ring (bicyclic) bond motifs is 2. The van der Waals surface area contributed by atoms with Crippen LogP contribution in [-0.2, 0) is 11.2 Å². The predicted octanol–water partition coefficient (Wildman–Crippen LogP) is 5.29. The molecule has 0 bridgehead atoms. The van der Waals surface area contributed by atoms with E-state index in [0.717, 1.165) is 32.6 Å². The molecule has 0 spiro atoms. The van der Waals surface area contributed by atoms with Crippen LogP contribution in [-0.4, -0.2) is 41.9 Å². The van der Waals surface area contributed by atoms with Crippen LogP contribution < -0.4 is 0 Å². The zero-order valence-corrected chi connectivity index (χ0v) is 18.2. The number of rotatable bonds is 2. The lowest BCUT2D eigenvalue weighted by molar-refractivity contribution is -0.132. The molecular weight excluding hydrogens is 344 g/mol. The van der Waals surface area contributed by atoms with Crippen molar-refractivity contribution < 1.29 is 4.79 Å². The van der Waals surface area contributed by atoms with Gasteiger partial charge in [-0.3, -0.25) is 9.69 Å². The van der Waals surface area contributed by atoms with Crippen molar-refractivity contribution in [2.24, 2.45) is 0 Å². The second-order valence-corrected chi connectivity index (χ2v) is 6.75. The van der Waals surface area contributed by atoms with Crippen LogP contribution in [0.3, 0.4) is 0 Å². The van der Waals surface area contributed by atoms with E-state index in [1.165, 1.54) is 22.3 Å². The topological polar surface area (TPSA) is 23.6 Å². The molecule has 0 radical (unpaired) electrons. The molecule has 0 atom stereocenters. The summed E-state index contributed by atoms with van der Waals surface area (Å²) >= 11 is 0. The number of piperazine rings is 1. The lowest BCUT2D eigenvalue weighted by Crippen LogP contribution is -2.50. The van der Waals surface area contributed by atoms with Gasteiger partial charge in [0.1, 0.15) is 0 Å². The van der Waals surface area contributed by atoms with Crippen molar-refractivity contribution in [3.63, 3.8) is 0 Å². The Labute approximate surface area is 171 Å². The number of carbonyl (C=O) groups is 1. The van der Waals surface area contributed by atoms with E-state index in [2.05, 4.69) is 53.4 Å². The van der Waals surface area contributed by atoms with E-state index in [-0.39, 0.29) is 5.91 Å². The molecule has 1 amide bonds. The minimum absolute atomic E-state index is 0.277. The third-order valence-corrected chi connectivity index (χ3v) is 5.41. The first-order chi connectivity index (χ1) is 13.8. The summed E-state index contributed by atoms with van der Waals surface area (Å²) in [5.41, 5.74) is 5.75. The van der Waals surface area contributed by atoms with Crippen molar-refractivity contribution in [2.45, 2.75) is 53.5 Å². The molecular formula is C25H36N2O. The third kappa shape index (κ3) is 4.64. The van der Waals surface area contributed by atoms with Gasteiger partial charge in [-0.25, -0.2) is 0 Å². The second kappa shape index (κ2) is 11.0. The number of carbonyl (C=O) groups excluding carboxylic acids is 1. The van der Waals surface area contributed by atoms with E-state index in [1.54, 1.807) is 0 Å². The van der Waals surface area contributed by atoms with Gasteiger partial charge in [0.25, 0.3) is 0 Å². The fraction of sp³-hybridized carbons (Fsp3) is 0.480. The van der Waals surface area contributed by atoms with Crippen LogP contribution in [0.4, 0.5) is 0 Å². The first kappa shape index (κ1) is 22.2. The zero-order chi connectivity index (χ0) is 20.5. The molecule has 1 saturated heterocycles. The van der Waals surface area contributed by atoms with Crippen molar-refractivity contribution in [2.75, 3.05) is 26.2 Å². The standard InChI is InChI=1S/C21H24N2O.2C2H6/c1-2-20(24)22-11-13-23(14-12-22)21-18-9-5-3-7-16(18)15-17-8-4-6-10-19(17)21;2*1-2/h3-10,21H,2,11-15H2,1H3;2*1-2H3. The monoisotopic (exact) mass is 380 g/mol. The SMILES string of the molecule is CC.CC.CCC(=O)N1CCN(C2c3ccccc3Cc3ccccc32)CC1. The van der Waals surface area contributed by atoms with Gasteiger partial charge in [0.15, 0.2) is 0 Å². The highest BCUT2D eigenvalue weighted by Gasteiger charge is 2.32. The lowest BCUT2D eigenvalue weighted by atomic mass is 9.81. The molecule has 4 rings (SSSR count). The summed E-state index contributed by atoms with van der Waals surface area (Å²) in [5, 5.41) is 0. The smallest absolute Gasteiger partial charge is 0.222 e. The Kier molecular flexibility index (Phi) is 8.72. The molecule has 1 fully saturated rings. The van der Waals surface area contributed by atoms with Gasteiger partial charge in [-0.05, 0) is 28.7 Å². The maximum absolute atomic E-state index is 12.0. The molecule has 0 aromatic heterocycles. The summed E-state index contributed by atoms with van der Waals surface area (Å²) in [6.07, 6.45) is 1.63.